The van der Waals surface area contributed by atoms with Gasteiger partial charge in [-0.05, 0) is 43.8 Å². The van der Waals surface area contributed by atoms with Crippen LogP contribution < -0.4 is 16.0 Å². The summed E-state index contributed by atoms with van der Waals surface area (Å²) in [6.45, 7) is 8.06. The van der Waals surface area contributed by atoms with Gasteiger partial charge in [-0.3, -0.25) is 13.9 Å². The van der Waals surface area contributed by atoms with Gasteiger partial charge < -0.3 is 9.64 Å². The smallest absolute Gasteiger partial charge is 0.332 e. The second kappa shape index (κ2) is 8.95. The van der Waals surface area contributed by atoms with Crippen molar-refractivity contribution in [2.75, 3.05) is 26.2 Å². The number of benzene rings is 1. The standard InChI is InChI=1S/C20H26N6O3/c1-5-26(6-2)12-7-13-29-15-10-8-14(9-11-15)17-21-16-18(23-22-17)24(3)20(28)25(4)19(16)27/h8-11H,5-7,12-13H2,1-4H3. The summed E-state index contributed by atoms with van der Waals surface area (Å²) >= 11 is 0. The van der Waals surface area contributed by atoms with Crippen LogP contribution in [0.1, 0.15) is 20.3 Å². The monoisotopic (exact) mass is 398 g/mol. The maximum absolute atomic E-state index is 12.4. The number of aromatic nitrogens is 5. The van der Waals surface area contributed by atoms with Gasteiger partial charge in [-0.2, -0.15) is 0 Å². The first-order valence-corrected chi connectivity index (χ1v) is 9.72. The third-order valence-electron chi connectivity index (χ3n) is 4.96. The van der Waals surface area contributed by atoms with Crippen molar-refractivity contribution in [1.82, 2.24) is 29.2 Å². The zero-order chi connectivity index (χ0) is 21.0. The molecular formula is C20H26N6O3. The molecule has 154 valence electrons. The average Bonchev–Trinajstić information content (AvgIpc) is 2.76. The minimum absolute atomic E-state index is 0.108. The number of hydrogen-bond acceptors (Lipinski definition) is 7. The van der Waals surface area contributed by atoms with Crippen LogP contribution in [0.3, 0.4) is 0 Å². The Hall–Kier alpha value is -3.07. The van der Waals surface area contributed by atoms with Crippen LogP contribution in [0, 0.1) is 0 Å². The van der Waals surface area contributed by atoms with Gasteiger partial charge in [0.15, 0.2) is 17.0 Å². The third-order valence-corrected chi connectivity index (χ3v) is 4.96. The molecule has 0 amide bonds. The Bertz CT molecular complexity index is 1100. The molecule has 0 aliphatic heterocycles. The Morgan fingerprint density at radius 3 is 2.34 bits per heavy atom. The first-order chi connectivity index (χ1) is 14.0. The van der Waals surface area contributed by atoms with Crippen LogP contribution in [-0.2, 0) is 14.1 Å². The van der Waals surface area contributed by atoms with E-state index in [9.17, 15) is 9.59 Å². The topological polar surface area (TPSA) is 95.1 Å². The molecule has 9 nitrogen and oxygen atoms in total. The highest BCUT2D eigenvalue weighted by atomic mass is 16.5. The molecule has 2 aromatic heterocycles. The molecule has 2 heterocycles. The largest absolute Gasteiger partial charge is 0.494 e. The molecular weight excluding hydrogens is 372 g/mol. The molecule has 0 saturated heterocycles. The first kappa shape index (κ1) is 20.7. The second-order valence-electron chi connectivity index (χ2n) is 6.77. The van der Waals surface area contributed by atoms with Gasteiger partial charge in [-0.1, -0.05) is 13.8 Å². The maximum Gasteiger partial charge on any atom is 0.332 e. The van der Waals surface area contributed by atoms with Crippen molar-refractivity contribution in [1.29, 1.82) is 0 Å². The Morgan fingerprint density at radius 2 is 1.69 bits per heavy atom. The number of aryl methyl sites for hydroxylation is 1. The van der Waals surface area contributed by atoms with Crippen LogP contribution in [0.2, 0.25) is 0 Å². The second-order valence-corrected chi connectivity index (χ2v) is 6.77. The summed E-state index contributed by atoms with van der Waals surface area (Å²) in [5.41, 5.74) is 0.0263. The zero-order valence-corrected chi connectivity index (χ0v) is 17.3. The molecule has 0 atom stereocenters. The van der Waals surface area contributed by atoms with Gasteiger partial charge in [0.2, 0.25) is 0 Å². The molecule has 0 saturated carbocycles. The molecule has 29 heavy (non-hydrogen) atoms. The van der Waals surface area contributed by atoms with Crippen molar-refractivity contribution < 1.29 is 4.74 Å². The van der Waals surface area contributed by atoms with E-state index in [0.717, 1.165) is 36.4 Å². The molecule has 0 aliphatic rings. The lowest BCUT2D eigenvalue weighted by Crippen LogP contribution is -2.38. The van der Waals surface area contributed by atoms with E-state index in [1.807, 2.05) is 24.3 Å². The quantitative estimate of drug-likeness (QED) is 0.526. The lowest BCUT2D eigenvalue weighted by Gasteiger charge is -2.17. The summed E-state index contributed by atoms with van der Waals surface area (Å²) in [7, 11) is 2.95. The van der Waals surface area contributed by atoms with E-state index in [1.165, 1.54) is 18.7 Å². The highest BCUT2D eigenvalue weighted by Gasteiger charge is 2.13. The fourth-order valence-corrected chi connectivity index (χ4v) is 3.09. The summed E-state index contributed by atoms with van der Waals surface area (Å²) in [5.74, 6) is 1.08. The van der Waals surface area contributed by atoms with Crippen molar-refractivity contribution in [3.05, 3.63) is 45.1 Å². The van der Waals surface area contributed by atoms with Crippen molar-refractivity contribution in [2.45, 2.75) is 20.3 Å². The fraction of sp³-hybridized carbons (Fsp3) is 0.450. The van der Waals surface area contributed by atoms with Crippen molar-refractivity contribution >= 4 is 11.2 Å². The van der Waals surface area contributed by atoms with Gasteiger partial charge in [0.25, 0.3) is 5.56 Å². The van der Waals surface area contributed by atoms with Crippen LogP contribution in [0.4, 0.5) is 0 Å². The van der Waals surface area contributed by atoms with Gasteiger partial charge in [0, 0.05) is 26.2 Å². The van der Waals surface area contributed by atoms with E-state index >= 15 is 0 Å². The molecule has 9 heteroatoms. The number of nitrogens with zero attached hydrogens (tertiary/aromatic N) is 6. The van der Waals surface area contributed by atoms with Crippen LogP contribution >= 0.6 is 0 Å². The van der Waals surface area contributed by atoms with Crippen LogP contribution in [0.15, 0.2) is 33.9 Å². The normalized spacial score (nSPS) is 11.3. The van der Waals surface area contributed by atoms with Gasteiger partial charge in [0.05, 0.1) is 6.61 Å². The summed E-state index contributed by atoms with van der Waals surface area (Å²) in [4.78, 5) is 31.1. The van der Waals surface area contributed by atoms with Crippen molar-refractivity contribution in [3.8, 4) is 17.1 Å². The Labute approximate surface area is 168 Å². The Kier molecular flexibility index (Phi) is 6.38. The minimum atomic E-state index is -0.493. The van der Waals surface area contributed by atoms with E-state index < -0.39 is 11.2 Å². The maximum atomic E-state index is 12.4. The molecule has 0 aliphatic carbocycles. The van der Waals surface area contributed by atoms with Crippen LogP contribution in [0.25, 0.3) is 22.6 Å². The number of ether oxygens (including phenoxy) is 1. The molecule has 0 N–H and O–H groups in total. The molecule has 0 spiro atoms. The highest BCUT2D eigenvalue weighted by Crippen LogP contribution is 2.19. The van der Waals surface area contributed by atoms with E-state index in [4.69, 9.17) is 4.74 Å². The van der Waals surface area contributed by atoms with E-state index in [0.29, 0.717) is 18.0 Å². The average molecular weight is 398 g/mol. The summed E-state index contributed by atoms with van der Waals surface area (Å²) in [5, 5.41) is 8.11. The van der Waals surface area contributed by atoms with Crippen molar-refractivity contribution in [3.63, 3.8) is 0 Å². The third kappa shape index (κ3) is 4.34. The minimum Gasteiger partial charge on any atom is -0.494 e. The highest BCUT2D eigenvalue weighted by molar-refractivity contribution is 5.71. The molecule has 0 bridgehead atoms. The first-order valence-electron chi connectivity index (χ1n) is 9.72. The van der Waals surface area contributed by atoms with E-state index in [1.54, 1.807) is 0 Å². The SMILES string of the molecule is CCN(CC)CCCOc1ccc(-c2nnc3c(n2)c(=O)n(C)c(=O)n3C)cc1. The Balaban J connectivity index is 1.75. The van der Waals surface area contributed by atoms with Gasteiger partial charge in [0.1, 0.15) is 5.75 Å². The molecule has 0 radical (unpaired) electrons. The number of rotatable bonds is 8. The number of hydrogen-bond donors (Lipinski definition) is 0. The van der Waals surface area contributed by atoms with E-state index in [2.05, 4.69) is 33.9 Å². The Morgan fingerprint density at radius 1 is 1.00 bits per heavy atom. The molecule has 0 unspecified atom stereocenters. The van der Waals surface area contributed by atoms with Gasteiger partial charge >= 0.3 is 5.69 Å². The predicted molar refractivity (Wildman–Crippen MR) is 111 cm³/mol. The lowest BCUT2D eigenvalue weighted by molar-refractivity contribution is 0.249. The lowest BCUT2D eigenvalue weighted by atomic mass is 10.2. The van der Waals surface area contributed by atoms with E-state index in [-0.39, 0.29) is 11.2 Å². The summed E-state index contributed by atoms with van der Waals surface area (Å²) in [6.07, 6.45) is 0.961. The van der Waals surface area contributed by atoms with Gasteiger partial charge in [-0.15, -0.1) is 10.2 Å². The fourth-order valence-electron chi connectivity index (χ4n) is 3.09. The summed E-state index contributed by atoms with van der Waals surface area (Å²) < 4.78 is 8.07. The van der Waals surface area contributed by atoms with Crippen LogP contribution in [-0.4, -0.2) is 55.5 Å². The molecule has 1 aromatic carbocycles. The summed E-state index contributed by atoms with van der Waals surface area (Å²) in [6, 6.07) is 7.35. The predicted octanol–water partition coefficient (Wildman–Crippen LogP) is 1.20. The van der Waals surface area contributed by atoms with Gasteiger partial charge in [-0.25, -0.2) is 9.78 Å². The number of fused-ring (bicyclic) bond motifs is 1. The molecule has 0 fully saturated rings. The van der Waals surface area contributed by atoms with Crippen LogP contribution in [0.5, 0.6) is 5.75 Å². The molecule has 3 aromatic rings. The molecule has 3 rings (SSSR count). The van der Waals surface area contributed by atoms with Crippen molar-refractivity contribution in [2.24, 2.45) is 14.1 Å². The zero-order valence-electron chi connectivity index (χ0n) is 17.3.